The third kappa shape index (κ3) is 4.63. The minimum atomic E-state index is 0.252. The number of rotatable bonds is 6. The number of likely N-dealkylation sites (N-methyl/N-ethyl adjacent to an activating group) is 1. The molecule has 0 fully saturated rings. The van der Waals surface area contributed by atoms with Gasteiger partial charge in [-0.1, -0.05) is 51.8 Å². The van der Waals surface area contributed by atoms with E-state index < -0.39 is 0 Å². The van der Waals surface area contributed by atoms with Crippen LogP contribution >= 0.6 is 31.9 Å². The first-order valence-corrected chi connectivity index (χ1v) is 8.84. The van der Waals surface area contributed by atoms with Gasteiger partial charge in [0, 0.05) is 33.3 Å². The molecule has 0 amide bonds. The summed E-state index contributed by atoms with van der Waals surface area (Å²) in [4.78, 5) is 4.58. The number of nitrogens with zero attached hydrogens (tertiary/aromatic N) is 1. The standard InChI is InChI=1S/C17H20Br2N2/c1-3-12-5-7-14(21-11-12)10-17(20-4-2)15-9-13(18)6-8-16(15)19/h5-9,11,17,20H,3-4,10H2,1-2H3. The van der Waals surface area contributed by atoms with Crippen LogP contribution < -0.4 is 5.32 Å². The average Bonchev–Trinajstić information content (AvgIpc) is 2.50. The fraction of sp³-hybridized carbons (Fsp3) is 0.353. The van der Waals surface area contributed by atoms with E-state index in [4.69, 9.17) is 0 Å². The Kier molecular flexibility index (Phi) is 6.40. The van der Waals surface area contributed by atoms with Gasteiger partial charge in [0.1, 0.15) is 0 Å². The molecular weight excluding hydrogens is 392 g/mol. The molecule has 0 saturated heterocycles. The molecule has 1 aromatic heterocycles. The van der Waals surface area contributed by atoms with Gasteiger partial charge in [-0.3, -0.25) is 4.98 Å². The lowest BCUT2D eigenvalue weighted by Gasteiger charge is -2.20. The largest absolute Gasteiger partial charge is 0.310 e. The molecule has 0 radical (unpaired) electrons. The van der Waals surface area contributed by atoms with E-state index >= 15 is 0 Å². The lowest BCUT2D eigenvalue weighted by Crippen LogP contribution is -2.23. The normalized spacial score (nSPS) is 12.4. The van der Waals surface area contributed by atoms with Crippen molar-refractivity contribution in [2.45, 2.75) is 32.7 Å². The van der Waals surface area contributed by atoms with Crippen molar-refractivity contribution in [1.82, 2.24) is 10.3 Å². The number of nitrogens with one attached hydrogen (secondary N) is 1. The quantitative estimate of drug-likeness (QED) is 0.718. The summed E-state index contributed by atoms with van der Waals surface area (Å²) >= 11 is 7.21. The number of hydrogen-bond acceptors (Lipinski definition) is 2. The summed E-state index contributed by atoms with van der Waals surface area (Å²) in [6.07, 6.45) is 3.89. The van der Waals surface area contributed by atoms with Gasteiger partial charge in [0.2, 0.25) is 0 Å². The first kappa shape index (κ1) is 16.7. The van der Waals surface area contributed by atoms with Crippen molar-refractivity contribution >= 4 is 31.9 Å². The molecule has 0 bridgehead atoms. The summed E-state index contributed by atoms with van der Waals surface area (Å²) in [7, 11) is 0. The van der Waals surface area contributed by atoms with E-state index in [1.165, 1.54) is 11.1 Å². The van der Waals surface area contributed by atoms with Crippen molar-refractivity contribution < 1.29 is 0 Å². The van der Waals surface area contributed by atoms with E-state index in [1.807, 2.05) is 12.3 Å². The van der Waals surface area contributed by atoms with Gasteiger partial charge >= 0.3 is 0 Å². The highest BCUT2D eigenvalue weighted by Gasteiger charge is 2.15. The Bertz CT molecular complexity index is 582. The zero-order valence-corrected chi connectivity index (χ0v) is 15.5. The fourth-order valence-corrected chi connectivity index (χ4v) is 3.22. The predicted octanol–water partition coefficient (Wildman–Crippen LogP) is 5.06. The Labute approximate surface area is 143 Å². The molecule has 4 heteroatoms. The van der Waals surface area contributed by atoms with E-state index in [0.717, 1.165) is 34.0 Å². The summed E-state index contributed by atoms with van der Waals surface area (Å²) < 4.78 is 2.22. The minimum Gasteiger partial charge on any atom is -0.310 e. The van der Waals surface area contributed by atoms with Crippen molar-refractivity contribution in [3.05, 3.63) is 62.3 Å². The van der Waals surface area contributed by atoms with E-state index in [2.05, 4.69) is 80.3 Å². The smallest absolute Gasteiger partial charge is 0.0422 e. The molecule has 0 aliphatic rings. The first-order chi connectivity index (χ1) is 10.1. The van der Waals surface area contributed by atoms with Crippen LogP contribution in [0.2, 0.25) is 0 Å². The first-order valence-electron chi connectivity index (χ1n) is 7.26. The molecule has 0 aliphatic carbocycles. The summed E-state index contributed by atoms with van der Waals surface area (Å²) in [6, 6.07) is 10.8. The van der Waals surface area contributed by atoms with Crippen LogP contribution in [0, 0.1) is 0 Å². The number of benzene rings is 1. The van der Waals surface area contributed by atoms with E-state index in [0.29, 0.717) is 0 Å². The summed E-state index contributed by atoms with van der Waals surface area (Å²) in [5, 5.41) is 3.55. The maximum atomic E-state index is 4.58. The van der Waals surface area contributed by atoms with Gasteiger partial charge in [-0.05, 0) is 48.4 Å². The number of hydrogen-bond donors (Lipinski definition) is 1. The molecule has 1 aromatic carbocycles. The zero-order chi connectivity index (χ0) is 15.2. The van der Waals surface area contributed by atoms with Crippen LogP contribution in [-0.4, -0.2) is 11.5 Å². The van der Waals surface area contributed by atoms with Gasteiger partial charge in [0.15, 0.2) is 0 Å². The molecule has 1 heterocycles. The highest BCUT2D eigenvalue weighted by Crippen LogP contribution is 2.28. The van der Waals surface area contributed by atoms with Gasteiger partial charge in [-0.2, -0.15) is 0 Å². The van der Waals surface area contributed by atoms with Crippen LogP contribution in [0.4, 0.5) is 0 Å². The Morgan fingerprint density at radius 2 is 1.95 bits per heavy atom. The van der Waals surface area contributed by atoms with Crippen LogP contribution in [0.1, 0.15) is 36.7 Å². The number of aryl methyl sites for hydroxylation is 1. The summed E-state index contributed by atoms with van der Waals surface area (Å²) in [6.45, 7) is 5.21. The van der Waals surface area contributed by atoms with Crippen LogP contribution in [0.15, 0.2) is 45.5 Å². The van der Waals surface area contributed by atoms with Crippen LogP contribution in [0.25, 0.3) is 0 Å². The number of aromatic nitrogens is 1. The Balaban J connectivity index is 2.23. The van der Waals surface area contributed by atoms with E-state index in [9.17, 15) is 0 Å². The highest BCUT2D eigenvalue weighted by atomic mass is 79.9. The van der Waals surface area contributed by atoms with Crippen molar-refractivity contribution in [2.75, 3.05) is 6.54 Å². The Morgan fingerprint density at radius 3 is 2.57 bits per heavy atom. The van der Waals surface area contributed by atoms with Gasteiger partial charge in [-0.25, -0.2) is 0 Å². The molecule has 0 aliphatic heterocycles. The van der Waals surface area contributed by atoms with Crippen molar-refractivity contribution in [3.63, 3.8) is 0 Å². The summed E-state index contributed by atoms with van der Waals surface area (Å²) in [5.74, 6) is 0. The van der Waals surface area contributed by atoms with Gasteiger partial charge in [-0.15, -0.1) is 0 Å². The number of pyridine rings is 1. The molecule has 0 saturated carbocycles. The number of halogens is 2. The van der Waals surface area contributed by atoms with Gasteiger partial charge in [0.25, 0.3) is 0 Å². The lowest BCUT2D eigenvalue weighted by molar-refractivity contribution is 0.542. The fourth-order valence-electron chi connectivity index (χ4n) is 2.31. The molecule has 2 aromatic rings. The molecule has 2 nitrogen and oxygen atoms in total. The second-order valence-corrected chi connectivity index (χ2v) is 6.76. The average molecular weight is 412 g/mol. The molecule has 1 atom stereocenters. The Morgan fingerprint density at radius 1 is 1.14 bits per heavy atom. The van der Waals surface area contributed by atoms with Crippen LogP contribution in [0.5, 0.6) is 0 Å². The van der Waals surface area contributed by atoms with Crippen molar-refractivity contribution in [2.24, 2.45) is 0 Å². The van der Waals surface area contributed by atoms with Crippen molar-refractivity contribution in [3.8, 4) is 0 Å². The van der Waals surface area contributed by atoms with E-state index in [-0.39, 0.29) is 6.04 Å². The van der Waals surface area contributed by atoms with Crippen molar-refractivity contribution in [1.29, 1.82) is 0 Å². The predicted molar refractivity (Wildman–Crippen MR) is 95.6 cm³/mol. The third-order valence-electron chi connectivity index (χ3n) is 3.49. The molecule has 2 rings (SSSR count). The monoisotopic (exact) mass is 410 g/mol. The second-order valence-electron chi connectivity index (χ2n) is 4.99. The molecule has 21 heavy (non-hydrogen) atoms. The topological polar surface area (TPSA) is 24.9 Å². The van der Waals surface area contributed by atoms with Gasteiger partial charge in [0.05, 0.1) is 0 Å². The Hall–Kier alpha value is -0.710. The highest BCUT2D eigenvalue weighted by molar-refractivity contribution is 9.11. The molecule has 1 N–H and O–H groups in total. The third-order valence-corrected chi connectivity index (χ3v) is 4.71. The second kappa shape index (κ2) is 8.06. The zero-order valence-electron chi connectivity index (χ0n) is 12.4. The van der Waals surface area contributed by atoms with Crippen LogP contribution in [0.3, 0.4) is 0 Å². The lowest BCUT2D eigenvalue weighted by atomic mass is 10.0. The maximum absolute atomic E-state index is 4.58. The molecule has 0 spiro atoms. The van der Waals surface area contributed by atoms with Gasteiger partial charge < -0.3 is 5.32 Å². The van der Waals surface area contributed by atoms with E-state index in [1.54, 1.807) is 0 Å². The minimum absolute atomic E-state index is 0.252. The molecule has 1 unspecified atom stereocenters. The maximum Gasteiger partial charge on any atom is 0.0422 e. The molecular formula is C17H20Br2N2. The van der Waals surface area contributed by atoms with Crippen LogP contribution in [-0.2, 0) is 12.8 Å². The SMILES string of the molecule is CCNC(Cc1ccc(CC)cn1)c1cc(Br)ccc1Br. The molecule has 112 valence electrons. The summed E-state index contributed by atoms with van der Waals surface area (Å²) in [5.41, 5.74) is 3.65.